The number of benzene rings is 3. The Morgan fingerprint density at radius 3 is 1.72 bits per heavy atom. The lowest BCUT2D eigenvalue weighted by atomic mass is 9.77. The fourth-order valence-corrected chi connectivity index (χ4v) is 7.76. The molecule has 1 saturated carbocycles. The fourth-order valence-electron chi connectivity index (χ4n) is 7.76. The van der Waals surface area contributed by atoms with Crippen molar-refractivity contribution in [3.8, 4) is 28.0 Å². The summed E-state index contributed by atoms with van der Waals surface area (Å²) in [6.45, 7) is 12.0. The zero-order valence-corrected chi connectivity index (χ0v) is 39.7. The number of unbranched alkanes of at least 4 members (excludes halogenated alkanes) is 2. The number of ether oxygens (including phenoxy) is 7. The first-order chi connectivity index (χ1) is 32.0. The van der Waals surface area contributed by atoms with Gasteiger partial charge in [0.05, 0.1) is 20.8 Å². The first-order valence-corrected chi connectivity index (χ1v) is 22.7. The van der Waals surface area contributed by atoms with Crippen molar-refractivity contribution in [1.82, 2.24) is 0 Å². The van der Waals surface area contributed by atoms with Gasteiger partial charge in [0.1, 0.15) is 43.4 Å². The van der Waals surface area contributed by atoms with E-state index in [4.69, 9.17) is 23.7 Å². The molecule has 4 rings (SSSR count). The minimum Gasteiger partial charge on any atom is -0.492 e. The molecule has 3 aromatic rings. The summed E-state index contributed by atoms with van der Waals surface area (Å²) >= 11 is 0. The van der Waals surface area contributed by atoms with Crippen LogP contribution in [0.25, 0.3) is 22.3 Å². The van der Waals surface area contributed by atoms with E-state index in [0.29, 0.717) is 36.1 Å². The van der Waals surface area contributed by atoms with Crippen LogP contribution in [-0.4, -0.2) is 83.1 Å². The standard InChI is InChI=1S/C53H64FO13/c1-9-11-12-14-36-16-18-38(19-17-36)41-21-24-44(45(54)29-41)43-23-20-39(27-37(43)10-2)40-22-25-46(42(28-40)15-13-26-63-47(55)34(3)4)64-30-53(31-65-48(56)35(5)6,32-66-51(59)49(57)61-7)33-67-52(60)50(58)62-8/h20-25,27-29,36H,3,5,9-19,26,30-33H2,1-2,4,6-8H3. The van der Waals surface area contributed by atoms with E-state index < -0.39 is 67.7 Å². The third-order valence-electron chi connectivity index (χ3n) is 11.8. The van der Waals surface area contributed by atoms with Crippen molar-refractivity contribution in [2.45, 2.75) is 98.3 Å². The molecular formula is C53H64FO13. The van der Waals surface area contributed by atoms with E-state index in [2.05, 4.69) is 29.6 Å². The van der Waals surface area contributed by atoms with Crippen molar-refractivity contribution in [1.29, 1.82) is 0 Å². The Kier molecular flexibility index (Phi) is 20.8. The van der Waals surface area contributed by atoms with Gasteiger partial charge < -0.3 is 33.2 Å². The second-order valence-corrected chi connectivity index (χ2v) is 17.1. The van der Waals surface area contributed by atoms with Gasteiger partial charge in [0.15, 0.2) is 0 Å². The molecule has 0 spiro atoms. The lowest BCUT2D eigenvalue weighted by Gasteiger charge is -2.32. The Morgan fingerprint density at radius 2 is 1.16 bits per heavy atom. The summed E-state index contributed by atoms with van der Waals surface area (Å²) < 4.78 is 52.5. The number of carbonyl (C=O) groups excluding carboxylic acids is 6. The summed E-state index contributed by atoms with van der Waals surface area (Å²) in [6.07, 6.45) is 10.7. The minimum atomic E-state index is -1.71. The van der Waals surface area contributed by atoms with Gasteiger partial charge in [-0.25, -0.2) is 33.2 Å². The molecule has 0 heterocycles. The Balaban J connectivity index is 1.67. The number of hydrogen-bond donors (Lipinski definition) is 0. The molecule has 1 aliphatic rings. The number of carbonyl (C=O) groups is 6. The van der Waals surface area contributed by atoms with Crippen LogP contribution in [0.4, 0.5) is 4.39 Å². The maximum atomic E-state index is 16.0. The van der Waals surface area contributed by atoms with Gasteiger partial charge >= 0.3 is 35.8 Å². The number of esters is 6. The number of methoxy groups -OCH3 is 2. The zero-order chi connectivity index (χ0) is 49.1. The summed E-state index contributed by atoms with van der Waals surface area (Å²) in [4.78, 5) is 73.7. The Morgan fingerprint density at radius 1 is 0.627 bits per heavy atom. The first-order valence-electron chi connectivity index (χ1n) is 22.7. The smallest absolute Gasteiger partial charge is 0.417 e. The molecule has 67 heavy (non-hydrogen) atoms. The highest BCUT2D eigenvalue weighted by Gasteiger charge is 2.39. The number of hydrogen-bond acceptors (Lipinski definition) is 13. The molecule has 14 heteroatoms. The highest BCUT2D eigenvalue weighted by atomic mass is 19.1. The number of rotatable bonds is 23. The van der Waals surface area contributed by atoms with E-state index in [9.17, 15) is 28.8 Å². The first kappa shape index (κ1) is 53.3. The molecule has 0 unspecified atom stereocenters. The fraction of sp³-hybridized carbons (Fsp3) is 0.453. The van der Waals surface area contributed by atoms with Gasteiger partial charge in [-0.2, -0.15) is 0 Å². The molecule has 0 aliphatic heterocycles. The second-order valence-electron chi connectivity index (χ2n) is 17.1. The average Bonchev–Trinajstić information content (AvgIpc) is 3.33. The second kappa shape index (κ2) is 26.1. The van der Waals surface area contributed by atoms with Crippen molar-refractivity contribution in [2.75, 3.05) is 47.3 Å². The Labute approximate surface area is 393 Å². The molecular weight excluding hydrogens is 864 g/mol. The predicted octanol–water partition coefficient (Wildman–Crippen LogP) is 9.38. The minimum absolute atomic E-state index is 0.0280. The van der Waals surface area contributed by atoms with Gasteiger partial charge in [-0.15, -0.1) is 0 Å². The van der Waals surface area contributed by atoms with Crippen LogP contribution in [0.2, 0.25) is 0 Å². The largest absolute Gasteiger partial charge is 0.492 e. The van der Waals surface area contributed by atoms with Gasteiger partial charge in [-0.3, -0.25) is 0 Å². The van der Waals surface area contributed by atoms with Gasteiger partial charge in [-0.05, 0) is 116 Å². The number of aryl methyl sites for hydroxylation is 2. The number of halogens is 1. The van der Waals surface area contributed by atoms with Gasteiger partial charge in [0.2, 0.25) is 0 Å². The van der Waals surface area contributed by atoms with E-state index in [0.717, 1.165) is 73.6 Å². The van der Waals surface area contributed by atoms with Crippen molar-refractivity contribution < 1.29 is 66.3 Å². The van der Waals surface area contributed by atoms with Crippen LogP contribution >= 0.6 is 0 Å². The van der Waals surface area contributed by atoms with E-state index in [1.165, 1.54) is 38.5 Å². The van der Waals surface area contributed by atoms with Crippen LogP contribution in [-0.2, 0) is 70.0 Å². The molecule has 1 aliphatic carbocycles. The Hall–Kier alpha value is -6.31. The SMILES string of the molecule is C=C(C)C(=O)OCCCc1cc(-c2ccc(-c3ccc([C]4CCC(CCCCC)CC4)cc3F)c(CC)c2)ccc1OCC(COC(=O)C(=C)C)(COC(=O)C(=O)OC)COC(=O)C(=O)OC. The molecule has 0 atom stereocenters. The van der Waals surface area contributed by atoms with Crippen molar-refractivity contribution in [3.63, 3.8) is 0 Å². The van der Waals surface area contributed by atoms with Crippen LogP contribution in [0.1, 0.15) is 102 Å². The van der Waals surface area contributed by atoms with Gasteiger partial charge in [0.25, 0.3) is 0 Å². The lowest BCUT2D eigenvalue weighted by molar-refractivity contribution is -0.177. The van der Waals surface area contributed by atoms with E-state index >= 15 is 4.39 Å². The predicted molar refractivity (Wildman–Crippen MR) is 249 cm³/mol. The quantitative estimate of drug-likeness (QED) is 0.0290. The topological polar surface area (TPSA) is 167 Å². The van der Waals surface area contributed by atoms with E-state index in [1.807, 2.05) is 49.4 Å². The molecule has 0 saturated heterocycles. The molecule has 0 amide bonds. The summed E-state index contributed by atoms with van der Waals surface area (Å²) in [6, 6.07) is 16.9. The van der Waals surface area contributed by atoms with Crippen LogP contribution in [0.5, 0.6) is 5.75 Å². The lowest BCUT2D eigenvalue weighted by Crippen LogP contribution is -2.45. The molecule has 1 fully saturated rings. The molecule has 0 N–H and O–H groups in total. The molecule has 1 radical (unpaired) electrons. The third-order valence-corrected chi connectivity index (χ3v) is 11.8. The summed E-state index contributed by atoms with van der Waals surface area (Å²) in [5, 5.41) is 0. The maximum Gasteiger partial charge on any atom is 0.417 e. The molecule has 3 aromatic carbocycles. The monoisotopic (exact) mass is 927 g/mol. The van der Waals surface area contributed by atoms with Crippen molar-refractivity contribution >= 4 is 35.8 Å². The molecule has 361 valence electrons. The van der Waals surface area contributed by atoms with Crippen LogP contribution in [0.3, 0.4) is 0 Å². The van der Waals surface area contributed by atoms with E-state index in [-0.39, 0.29) is 23.6 Å². The third kappa shape index (κ3) is 15.6. The zero-order valence-electron chi connectivity index (χ0n) is 39.7. The van der Waals surface area contributed by atoms with Crippen LogP contribution in [0.15, 0.2) is 78.9 Å². The van der Waals surface area contributed by atoms with Crippen LogP contribution in [0, 0.1) is 23.1 Å². The average molecular weight is 928 g/mol. The molecule has 0 aromatic heterocycles. The molecule has 13 nitrogen and oxygen atoms in total. The van der Waals surface area contributed by atoms with Crippen molar-refractivity contribution in [2.24, 2.45) is 11.3 Å². The summed E-state index contributed by atoms with van der Waals surface area (Å²) in [5.41, 5.74) is 4.08. The van der Waals surface area contributed by atoms with Crippen LogP contribution < -0.4 is 4.74 Å². The van der Waals surface area contributed by atoms with E-state index in [1.54, 1.807) is 19.1 Å². The maximum absolute atomic E-state index is 16.0. The highest BCUT2D eigenvalue weighted by molar-refractivity contribution is 6.30. The van der Waals surface area contributed by atoms with Gasteiger partial charge in [0, 0.05) is 22.6 Å². The molecule has 0 bridgehead atoms. The highest BCUT2D eigenvalue weighted by Crippen LogP contribution is 2.39. The van der Waals surface area contributed by atoms with Gasteiger partial charge in [-0.1, -0.05) is 89.1 Å². The van der Waals surface area contributed by atoms with Crippen molar-refractivity contribution in [3.05, 3.63) is 107 Å². The Bertz CT molecular complexity index is 2220. The normalized spacial score (nSPS) is 12.9. The summed E-state index contributed by atoms with van der Waals surface area (Å²) in [7, 11) is 1.96. The summed E-state index contributed by atoms with van der Waals surface area (Å²) in [5.74, 6) is -4.71.